The summed E-state index contributed by atoms with van der Waals surface area (Å²) in [6.07, 6.45) is 4.42. The Balaban J connectivity index is 1.43. The summed E-state index contributed by atoms with van der Waals surface area (Å²) in [6.45, 7) is 3.06. The van der Waals surface area contributed by atoms with Gasteiger partial charge >= 0.3 is 0 Å². The average Bonchev–Trinajstić information content (AvgIpc) is 3.08. The molecule has 2 fully saturated rings. The largest absolute Gasteiger partial charge is 0.494 e. The van der Waals surface area contributed by atoms with E-state index in [9.17, 15) is 10.2 Å². The van der Waals surface area contributed by atoms with Gasteiger partial charge in [0.25, 0.3) is 0 Å². The first-order valence-electron chi connectivity index (χ1n) is 9.90. The van der Waals surface area contributed by atoms with Crippen LogP contribution < -0.4 is 4.74 Å². The highest BCUT2D eigenvalue weighted by Gasteiger charge is 2.54. The minimum atomic E-state index is -1.28. The van der Waals surface area contributed by atoms with Crippen molar-refractivity contribution in [2.45, 2.75) is 50.1 Å². The van der Waals surface area contributed by atoms with Crippen molar-refractivity contribution in [3.63, 3.8) is 0 Å². The molecule has 3 aliphatic rings. The van der Waals surface area contributed by atoms with Crippen LogP contribution in [0.2, 0.25) is 0 Å². The van der Waals surface area contributed by atoms with Gasteiger partial charge < -0.3 is 24.4 Å². The van der Waals surface area contributed by atoms with Crippen LogP contribution in [0.3, 0.4) is 0 Å². The normalized spacial score (nSPS) is 35.1. The lowest BCUT2D eigenvalue weighted by Crippen LogP contribution is -2.59. The highest BCUT2D eigenvalue weighted by atomic mass is 35.5. The van der Waals surface area contributed by atoms with Crippen LogP contribution in [0, 0.1) is 5.92 Å². The Bertz CT molecular complexity index is 759. The van der Waals surface area contributed by atoms with E-state index in [0.29, 0.717) is 19.6 Å². The van der Waals surface area contributed by atoms with E-state index < -0.39 is 17.8 Å². The van der Waals surface area contributed by atoms with Gasteiger partial charge in [-0.05, 0) is 49.1 Å². The van der Waals surface area contributed by atoms with Gasteiger partial charge in [0.1, 0.15) is 17.5 Å². The van der Waals surface area contributed by atoms with E-state index in [0.717, 1.165) is 29.2 Å². The number of aliphatic hydroxyl groups is 2. The number of halogens is 1. The molecule has 0 spiro atoms. The molecule has 4 rings (SSSR count). The first kappa shape index (κ1) is 19.9. The number of aliphatic hydroxyl groups excluding tert-OH is 1. The predicted molar refractivity (Wildman–Crippen MR) is 106 cm³/mol. The zero-order valence-electron chi connectivity index (χ0n) is 16.0. The third kappa shape index (κ3) is 3.87. The van der Waals surface area contributed by atoms with E-state index in [-0.39, 0.29) is 18.6 Å². The van der Waals surface area contributed by atoms with Crippen LogP contribution >= 0.6 is 11.6 Å². The molecule has 2 heterocycles. The summed E-state index contributed by atoms with van der Waals surface area (Å²) in [7, 11) is 0. The van der Waals surface area contributed by atoms with Gasteiger partial charge in [-0.15, -0.1) is 0 Å². The van der Waals surface area contributed by atoms with Gasteiger partial charge in [-0.2, -0.15) is 0 Å². The lowest BCUT2D eigenvalue weighted by Gasteiger charge is -2.43. The molecule has 152 valence electrons. The van der Waals surface area contributed by atoms with Gasteiger partial charge in [-0.3, -0.25) is 0 Å². The standard InChI is InChI=1S/C22H27ClO5/c1-2-27-17-6-3-14(4-7-17)9-16-10-15(5-8-18(16)23)19-11-20(24)22(25)13-26-12-21(22)28-19/h3-8,15,19-21,24-25H,2,9-13H2,1H3. The SMILES string of the molecule is CCOc1ccc(CC2=C(Cl)C=CC(C3CC(O)C4(O)COCC4O3)C2)cc1. The van der Waals surface area contributed by atoms with Crippen LogP contribution in [0.15, 0.2) is 47.0 Å². The van der Waals surface area contributed by atoms with Crippen LogP contribution in [-0.4, -0.2) is 53.9 Å². The third-order valence-electron chi connectivity index (χ3n) is 5.97. The number of benzene rings is 1. The molecule has 0 saturated carbocycles. The summed E-state index contributed by atoms with van der Waals surface area (Å²) in [6, 6.07) is 8.08. The summed E-state index contributed by atoms with van der Waals surface area (Å²) in [4.78, 5) is 0. The quantitative estimate of drug-likeness (QED) is 0.786. The molecule has 28 heavy (non-hydrogen) atoms. The first-order chi connectivity index (χ1) is 13.5. The van der Waals surface area contributed by atoms with Crippen LogP contribution in [0.4, 0.5) is 0 Å². The molecule has 0 bridgehead atoms. The number of rotatable bonds is 5. The van der Waals surface area contributed by atoms with Gasteiger partial charge in [-0.1, -0.05) is 29.8 Å². The Morgan fingerprint density at radius 3 is 2.82 bits per heavy atom. The maximum atomic E-state index is 10.6. The second kappa shape index (κ2) is 8.17. The minimum Gasteiger partial charge on any atom is -0.494 e. The van der Waals surface area contributed by atoms with Crippen LogP contribution in [0.5, 0.6) is 5.75 Å². The maximum absolute atomic E-state index is 10.6. The molecular formula is C22H27ClO5. The fraction of sp³-hybridized carbons (Fsp3) is 0.545. The number of allylic oxidation sites excluding steroid dienone is 3. The lowest BCUT2D eigenvalue weighted by atomic mass is 9.79. The van der Waals surface area contributed by atoms with Crippen LogP contribution in [0.1, 0.15) is 25.3 Å². The molecule has 5 unspecified atom stereocenters. The van der Waals surface area contributed by atoms with E-state index in [1.165, 1.54) is 5.56 Å². The molecular weight excluding hydrogens is 380 g/mol. The van der Waals surface area contributed by atoms with Crippen molar-refractivity contribution in [1.82, 2.24) is 0 Å². The van der Waals surface area contributed by atoms with E-state index in [4.69, 9.17) is 25.8 Å². The second-order valence-corrected chi connectivity index (χ2v) is 8.26. The van der Waals surface area contributed by atoms with E-state index in [2.05, 4.69) is 18.2 Å². The van der Waals surface area contributed by atoms with Crippen LogP contribution in [0.25, 0.3) is 0 Å². The van der Waals surface area contributed by atoms with E-state index >= 15 is 0 Å². The number of hydrogen-bond acceptors (Lipinski definition) is 5. The van der Waals surface area contributed by atoms with Gasteiger partial charge in [0, 0.05) is 17.4 Å². The summed E-state index contributed by atoms with van der Waals surface area (Å²) in [5.41, 5.74) is 1.04. The van der Waals surface area contributed by atoms with Crippen molar-refractivity contribution < 1.29 is 24.4 Å². The van der Waals surface area contributed by atoms with Gasteiger partial charge in [-0.25, -0.2) is 0 Å². The molecule has 0 radical (unpaired) electrons. The summed E-state index contributed by atoms with van der Waals surface area (Å²) < 4.78 is 17.0. The summed E-state index contributed by atoms with van der Waals surface area (Å²) >= 11 is 6.48. The Kier molecular flexibility index (Phi) is 5.81. The average molecular weight is 407 g/mol. The van der Waals surface area contributed by atoms with Crippen molar-refractivity contribution in [2.75, 3.05) is 19.8 Å². The van der Waals surface area contributed by atoms with Crippen molar-refractivity contribution >= 4 is 11.6 Å². The minimum absolute atomic E-state index is 0.111. The van der Waals surface area contributed by atoms with Crippen molar-refractivity contribution in [2.24, 2.45) is 5.92 Å². The fourth-order valence-corrected chi connectivity index (χ4v) is 4.52. The molecule has 6 heteroatoms. The molecule has 2 saturated heterocycles. The smallest absolute Gasteiger partial charge is 0.142 e. The molecule has 1 aliphatic carbocycles. The van der Waals surface area contributed by atoms with Crippen molar-refractivity contribution in [1.29, 1.82) is 0 Å². The summed E-state index contributed by atoms with van der Waals surface area (Å²) in [5.74, 6) is 0.976. The van der Waals surface area contributed by atoms with Gasteiger partial charge in [0.05, 0.1) is 32.0 Å². The summed E-state index contributed by atoms with van der Waals surface area (Å²) in [5, 5.41) is 21.8. The molecule has 1 aromatic carbocycles. The molecule has 1 aromatic rings. The monoisotopic (exact) mass is 406 g/mol. The van der Waals surface area contributed by atoms with E-state index in [1.807, 2.05) is 25.1 Å². The molecule has 0 amide bonds. The zero-order chi connectivity index (χ0) is 19.7. The Morgan fingerprint density at radius 2 is 2.07 bits per heavy atom. The Labute approximate surface area is 170 Å². The molecule has 0 aromatic heterocycles. The van der Waals surface area contributed by atoms with Gasteiger partial charge in [0.2, 0.25) is 0 Å². The van der Waals surface area contributed by atoms with E-state index in [1.54, 1.807) is 0 Å². The number of fused-ring (bicyclic) bond motifs is 1. The topological polar surface area (TPSA) is 68.2 Å². The van der Waals surface area contributed by atoms with Crippen molar-refractivity contribution in [3.8, 4) is 5.75 Å². The number of hydrogen-bond donors (Lipinski definition) is 2. The molecule has 2 aliphatic heterocycles. The maximum Gasteiger partial charge on any atom is 0.142 e. The molecule has 5 nitrogen and oxygen atoms in total. The van der Waals surface area contributed by atoms with Crippen LogP contribution in [-0.2, 0) is 15.9 Å². The molecule has 2 N–H and O–H groups in total. The third-order valence-corrected chi connectivity index (χ3v) is 6.36. The highest BCUT2D eigenvalue weighted by molar-refractivity contribution is 6.31. The lowest BCUT2D eigenvalue weighted by molar-refractivity contribution is -0.212. The van der Waals surface area contributed by atoms with Gasteiger partial charge in [0.15, 0.2) is 0 Å². The Morgan fingerprint density at radius 1 is 1.29 bits per heavy atom. The fourth-order valence-electron chi connectivity index (χ4n) is 4.31. The highest BCUT2D eigenvalue weighted by Crippen LogP contribution is 2.40. The first-order valence-corrected chi connectivity index (χ1v) is 10.3. The van der Waals surface area contributed by atoms with Crippen molar-refractivity contribution in [3.05, 3.63) is 52.6 Å². The predicted octanol–water partition coefficient (Wildman–Crippen LogP) is 2.98. The molecule has 5 atom stereocenters. The zero-order valence-corrected chi connectivity index (χ0v) is 16.8. The Hall–Kier alpha value is -1.37. The second-order valence-electron chi connectivity index (χ2n) is 7.85. The number of ether oxygens (including phenoxy) is 3.